The lowest BCUT2D eigenvalue weighted by atomic mass is 9.92. The van der Waals surface area contributed by atoms with E-state index in [4.69, 9.17) is 5.73 Å². The van der Waals surface area contributed by atoms with Gasteiger partial charge in [-0.05, 0) is 66.0 Å². The van der Waals surface area contributed by atoms with Gasteiger partial charge in [-0.3, -0.25) is 19.3 Å². The van der Waals surface area contributed by atoms with Gasteiger partial charge >= 0.3 is 6.18 Å². The molecule has 250 valence electrons. The van der Waals surface area contributed by atoms with Crippen molar-refractivity contribution in [2.24, 2.45) is 5.73 Å². The molecule has 5 rings (SSSR count). The molecule has 0 fully saturated rings. The van der Waals surface area contributed by atoms with Crippen molar-refractivity contribution in [1.82, 2.24) is 20.1 Å². The molecule has 0 bridgehead atoms. The summed E-state index contributed by atoms with van der Waals surface area (Å²) in [6.45, 7) is 3.02. The molecule has 2 aromatic heterocycles. The number of carbonyl (C=O) groups excluding carboxylic acids is 2. The van der Waals surface area contributed by atoms with Gasteiger partial charge in [-0.25, -0.2) is 8.78 Å². The van der Waals surface area contributed by atoms with Gasteiger partial charge in [0.05, 0.1) is 17.3 Å². The highest BCUT2D eigenvalue weighted by Crippen LogP contribution is 2.44. The number of carbonyl (C=O) groups is 2. The summed E-state index contributed by atoms with van der Waals surface area (Å²) >= 11 is 0. The fraction of sp³-hybridized carbons (Fsp3) is 0.312. The van der Waals surface area contributed by atoms with Crippen LogP contribution in [0.1, 0.15) is 71.3 Å². The summed E-state index contributed by atoms with van der Waals surface area (Å²) in [6, 6.07) is 9.62. The Kier molecular flexibility index (Phi) is 10.7. The third-order valence-corrected chi connectivity index (χ3v) is 7.68. The molecule has 2 atom stereocenters. The van der Waals surface area contributed by atoms with Crippen molar-refractivity contribution in [3.05, 3.63) is 100 Å². The molecule has 4 aromatic rings. The molecule has 47 heavy (non-hydrogen) atoms. The average Bonchev–Trinajstić information content (AvgIpc) is 3.37. The number of benzene rings is 2. The van der Waals surface area contributed by atoms with E-state index in [0.29, 0.717) is 21.1 Å². The second-order valence-electron chi connectivity index (χ2n) is 10.6. The van der Waals surface area contributed by atoms with Crippen LogP contribution in [0, 0.1) is 11.6 Å². The van der Waals surface area contributed by atoms with Crippen LogP contribution in [0.25, 0.3) is 11.1 Å². The number of nitrogens with zero attached hydrogens (tertiary/aromatic N) is 3. The van der Waals surface area contributed by atoms with Gasteiger partial charge in [0.2, 0.25) is 5.91 Å². The van der Waals surface area contributed by atoms with Gasteiger partial charge < -0.3 is 11.1 Å². The van der Waals surface area contributed by atoms with Gasteiger partial charge in [0.25, 0.3) is 11.8 Å². The van der Waals surface area contributed by atoms with Crippen LogP contribution in [0.15, 0.2) is 54.7 Å². The Bertz CT molecular complexity index is 1770. The minimum atomic E-state index is -5.02. The maximum atomic E-state index is 14.9. The van der Waals surface area contributed by atoms with Crippen molar-refractivity contribution in [2.45, 2.75) is 64.2 Å². The van der Waals surface area contributed by atoms with E-state index >= 15 is 0 Å². The Morgan fingerprint density at radius 2 is 1.83 bits per heavy atom. The second-order valence-corrected chi connectivity index (χ2v) is 11.3. The molecule has 2 unspecified atom stereocenters. The Morgan fingerprint density at radius 3 is 2.49 bits per heavy atom. The summed E-state index contributed by atoms with van der Waals surface area (Å²) in [4.78, 5) is 29.6. The molecule has 7 nitrogen and oxygen atoms in total. The largest absolute Gasteiger partial charge is 0.435 e. The van der Waals surface area contributed by atoms with Gasteiger partial charge in [-0.2, -0.15) is 27.1 Å². The first-order chi connectivity index (χ1) is 22.1. The molecule has 1 aliphatic rings. The summed E-state index contributed by atoms with van der Waals surface area (Å²) < 4.78 is 99.8. The highest BCUT2D eigenvalue weighted by Gasteiger charge is 2.48. The predicted octanol–water partition coefficient (Wildman–Crippen LogP) is 6.40. The van der Waals surface area contributed by atoms with E-state index < -0.39 is 77.1 Å². The summed E-state index contributed by atoms with van der Waals surface area (Å²) in [5.74, 6) is -7.10. The number of nitrogens with two attached hydrogens (primary N) is 1. The molecule has 0 radical (unpaired) electrons. The molecule has 0 spiro atoms. The SMILES string of the molecule is CC.NC(=O)c1cc(-c2cccnc2C(Cc2cc(F)cc(P)c2)NC(=O)Cn2nc(C(F)(F)F)c3c2C(F)(F)CCC3)ccc1F. The van der Waals surface area contributed by atoms with Crippen LogP contribution in [0.4, 0.5) is 30.7 Å². The number of amides is 2. The number of hydrogen-bond acceptors (Lipinski definition) is 4. The van der Waals surface area contributed by atoms with Crippen LogP contribution in [0.2, 0.25) is 0 Å². The Hall–Kier alpha value is -4.32. The summed E-state index contributed by atoms with van der Waals surface area (Å²) in [5.41, 5.74) is 2.96. The van der Waals surface area contributed by atoms with Crippen LogP contribution in [-0.4, -0.2) is 26.6 Å². The van der Waals surface area contributed by atoms with Crippen molar-refractivity contribution < 1.29 is 40.3 Å². The maximum Gasteiger partial charge on any atom is 0.435 e. The number of alkyl halides is 5. The van der Waals surface area contributed by atoms with Crippen molar-refractivity contribution >= 4 is 26.4 Å². The van der Waals surface area contributed by atoms with Crippen molar-refractivity contribution in [1.29, 1.82) is 0 Å². The van der Waals surface area contributed by atoms with E-state index in [1.165, 1.54) is 36.5 Å². The number of rotatable bonds is 8. The number of aromatic nitrogens is 3. The molecular formula is C32H31F7N5O2P. The first kappa shape index (κ1) is 35.5. The minimum absolute atomic E-state index is 0.0973. The molecule has 2 heterocycles. The molecule has 2 aromatic carbocycles. The van der Waals surface area contributed by atoms with Crippen molar-refractivity contribution in [3.8, 4) is 11.1 Å². The lowest BCUT2D eigenvalue weighted by molar-refractivity contribution is -0.142. The minimum Gasteiger partial charge on any atom is -0.366 e. The molecule has 3 N–H and O–H groups in total. The van der Waals surface area contributed by atoms with Crippen molar-refractivity contribution in [3.63, 3.8) is 0 Å². The van der Waals surface area contributed by atoms with Crippen LogP contribution in [0.5, 0.6) is 0 Å². The fourth-order valence-electron chi connectivity index (χ4n) is 5.54. The molecule has 15 heteroatoms. The summed E-state index contributed by atoms with van der Waals surface area (Å²) in [6.07, 6.45) is -4.90. The summed E-state index contributed by atoms with van der Waals surface area (Å²) in [5, 5.41) is 6.49. The normalized spacial score (nSPS) is 14.4. The highest BCUT2D eigenvalue weighted by atomic mass is 31.0. The third-order valence-electron chi connectivity index (χ3n) is 7.34. The number of hydrogen-bond donors (Lipinski definition) is 2. The molecular weight excluding hydrogens is 650 g/mol. The second kappa shape index (κ2) is 14.2. The topological polar surface area (TPSA) is 103 Å². The molecule has 0 aliphatic heterocycles. The lowest BCUT2D eigenvalue weighted by Gasteiger charge is -2.25. The highest BCUT2D eigenvalue weighted by molar-refractivity contribution is 7.27. The number of pyridine rings is 1. The molecule has 0 saturated heterocycles. The van der Waals surface area contributed by atoms with Gasteiger partial charge in [-0.15, -0.1) is 9.24 Å². The number of halogens is 7. The molecule has 2 amide bonds. The van der Waals surface area contributed by atoms with Gasteiger partial charge in [-0.1, -0.05) is 32.0 Å². The maximum absolute atomic E-state index is 14.9. The number of primary amides is 1. The van der Waals surface area contributed by atoms with Crippen LogP contribution < -0.4 is 16.4 Å². The average molecular weight is 682 g/mol. The Labute approximate surface area is 268 Å². The van der Waals surface area contributed by atoms with Gasteiger partial charge in [0.1, 0.15) is 23.9 Å². The van der Waals surface area contributed by atoms with E-state index in [0.717, 1.165) is 6.07 Å². The number of fused-ring (bicyclic) bond motifs is 1. The van der Waals surface area contributed by atoms with Crippen LogP contribution >= 0.6 is 9.24 Å². The fourth-order valence-corrected chi connectivity index (χ4v) is 5.91. The number of nitrogens with one attached hydrogen (secondary N) is 1. The molecule has 1 aliphatic carbocycles. The van der Waals surface area contributed by atoms with E-state index in [-0.39, 0.29) is 30.5 Å². The monoisotopic (exact) mass is 681 g/mol. The predicted molar refractivity (Wildman–Crippen MR) is 164 cm³/mol. The zero-order valence-corrected chi connectivity index (χ0v) is 26.4. The van der Waals surface area contributed by atoms with E-state index in [9.17, 15) is 40.3 Å². The van der Waals surface area contributed by atoms with Gasteiger partial charge in [0.15, 0.2) is 5.69 Å². The zero-order valence-electron chi connectivity index (χ0n) is 25.3. The van der Waals surface area contributed by atoms with Crippen LogP contribution in [0.3, 0.4) is 0 Å². The first-order valence-electron chi connectivity index (χ1n) is 14.6. The Morgan fingerprint density at radius 1 is 1.11 bits per heavy atom. The smallest absolute Gasteiger partial charge is 0.366 e. The third kappa shape index (κ3) is 7.98. The quantitative estimate of drug-likeness (QED) is 0.166. The lowest BCUT2D eigenvalue weighted by Crippen LogP contribution is -2.35. The van der Waals surface area contributed by atoms with E-state index in [1.54, 1.807) is 12.1 Å². The van der Waals surface area contributed by atoms with E-state index in [1.807, 2.05) is 13.8 Å². The van der Waals surface area contributed by atoms with Crippen LogP contribution in [-0.2, 0) is 36.3 Å². The van der Waals surface area contributed by atoms with Crippen molar-refractivity contribution in [2.75, 3.05) is 0 Å². The van der Waals surface area contributed by atoms with E-state index in [2.05, 4.69) is 24.6 Å². The molecule has 0 saturated carbocycles. The Balaban J connectivity index is 0.00000245. The first-order valence-corrected chi connectivity index (χ1v) is 15.2. The summed E-state index contributed by atoms with van der Waals surface area (Å²) in [7, 11) is 2.34. The zero-order chi connectivity index (χ0) is 34.7. The standard InChI is InChI=1S/C30H25F7N5O2P.C2H6/c31-17-9-15(10-18(45)13-17)11-23(25-19(4-2-8-39-25)16-5-6-22(32)21(12-16)28(38)44)40-24(43)14-42-27-20(3-1-7-29(27,33)34)26(41-42)30(35,36)37;1-2/h2,4-6,8-10,12-13,23H,1,3,7,11,14,45H2,(H2,38,44)(H,40,43);1-2H3. The van der Waals surface area contributed by atoms with Gasteiger partial charge in [0, 0.05) is 23.7 Å².